The van der Waals surface area contributed by atoms with Crippen molar-refractivity contribution < 1.29 is 26.3 Å². The van der Waals surface area contributed by atoms with Crippen molar-refractivity contribution in [2.75, 3.05) is 0 Å². The molecule has 2 rings (SSSR count). The van der Waals surface area contributed by atoms with Crippen LogP contribution in [-0.2, 0) is 6.54 Å². The zero-order valence-electron chi connectivity index (χ0n) is 9.51. The van der Waals surface area contributed by atoms with Crippen LogP contribution in [0.25, 0.3) is 0 Å². The molecule has 0 saturated carbocycles. The summed E-state index contributed by atoms with van der Waals surface area (Å²) in [5.74, 6) is -0.421. The van der Waals surface area contributed by atoms with E-state index in [4.69, 9.17) is 17.3 Å². The van der Waals surface area contributed by atoms with E-state index in [2.05, 4.69) is 0 Å². The quantitative estimate of drug-likeness (QED) is 0.706. The highest BCUT2D eigenvalue weighted by Crippen LogP contribution is 2.14. The molecule has 1 amide bonds. The minimum atomic E-state index is -0.421. The molecular weight excluding hydrogens is 316 g/mol. The van der Waals surface area contributed by atoms with Gasteiger partial charge in [-0.25, -0.2) is 4.57 Å². The summed E-state index contributed by atoms with van der Waals surface area (Å²) in [5, 5.41) is 0.735. The smallest absolute Gasteiger partial charge is 0.249 e. The second-order valence-electron chi connectivity index (χ2n) is 3.71. The SMILES string of the molecule is NC(=O)c1cc[n+](Cc2ccccc2Cl)cc1.[Br-]. The molecule has 1 heterocycles. The largest absolute Gasteiger partial charge is 1.00 e. The number of carbonyl (C=O) groups is 1. The van der Waals surface area contributed by atoms with Gasteiger partial charge in [0.25, 0.3) is 0 Å². The van der Waals surface area contributed by atoms with E-state index in [0.29, 0.717) is 12.1 Å². The van der Waals surface area contributed by atoms with Crippen LogP contribution in [0.1, 0.15) is 15.9 Å². The van der Waals surface area contributed by atoms with Gasteiger partial charge in [-0.15, -0.1) is 0 Å². The summed E-state index contributed by atoms with van der Waals surface area (Å²) in [6.45, 7) is 0.665. The first-order valence-electron chi connectivity index (χ1n) is 5.19. The Kier molecular flexibility index (Phi) is 5.31. The fourth-order valence-electron chi connectivity index (χ4n) is 1.55. The number of nitrogens with zero attached hydrogens (tertiary/aromatic N) is 1. The predicted octanol–water partition coefficient (Wildman–Crippen LogP) is -1.22. The molecule has 18 heavy (non-hydrogen) atoms. The number of benzene rings is 1. The Balaban J connectivity index is 0.00000162. The summed E-state index contributed by atoms with van der Waals surface area (Å²) in [5.41, 5.74) is 6.70. The molecule has 0 spiro atoms. The van der Waals surface area contributed by atoms with Crippen LogP contribution < -0.4 is 27.3 Å². The third-order valence-electron chi connectivity index (χ3n) is 2.49. The van der Waals surface area contributed by atoms with Crippen molar-refractivity contribution in [2.45, 2.75) is 6.54 Å². The highest BCUT2D eigenvalue weighted by Gasteiger charge is 2.07. The van der Waals surface area contributed by atoms with E-state index >= 15 is 0 Å². The predicted molar refractivity (Wildman–Crippen MR) is 65.7 cm³/mol. The van der Waals surface area contributed by atoms with E-state index in [1.807, 2.05) is 41.2 Å². The van der Waals surface area contributed by atoms with Crippen molar-refractivity contribution >= 4 is 17.5 Å². The molecule has 0 saturated heterocycles. The molecule has 0 atom stereocenters. The Morgan fingerprint density at radius 1 is 1.17 bits per heavy atom. The van der Waals surface area contributed by atoms with Crippen LogP contribution in [0.4, 0.5) is 0 Å². The first-order valence-corrected chi connectivity index (χ1v) is 5.57. The molecular formula is C13H12BrClN2O. The normalized spacial score (nSPS) is 9.61. The molecule has 0 fully saturated rings. The van der Waals surface area contributed by atoms with Crippen LogP contribution in [0.2, 0.25) is 5.02 Å². The first kappa shape index (κ1) is 14.7. The molecule has 0 unspecified atom stereocenters. The number of carbonyl (C=O) groups excluding carboxylic acids is 1. The molecule has 0 radical (unpaired) electrons. The molecule has 0 bridgehead atoms. The summed E-state index contributed by atoms with van der Waals surface area (Å²) in [6, 6.07) is 11.1. The second-order valence-corrected chi connectivity index (χ2v) is 4.12. The van der Waals surface area contributed by atoms with E-state index < -0.39 is 5.91 Å². The molecule has 2 aromatic rings. The van der Waals surface area contributed by atoms with Crippen molar-refractivity contribution in [2.24, 2.45) is 5.73 Å². The minimum Gasteiger partial charge on any atom is -1.00 e. The molecule has 0 aliphatic heterocycles. The monoisotopic (exact) mass is 326 g/mol. The minimum absolute atomic E-state index is 0. The highest BCUT2D eigenvalue weighted by molar-refractivity contribution is 6.31. The number of aromatic nitrogens is 1. The van der Waals surface area contributed by atoms with Crippen molar-refractivity contribution in [3.05, 3.63) is 64.9 Å². The Morgan fingerprint density at radius 2 is 1.78 bits per heavy atom. The number of pyridine rings is 1. The fourth-order valence-corrected chi connectivity index (χ4v) is 1.75. The van der Waals surface area contributed by atoms with Gasteiger partial charge >= 0.3 is 0 Å². The van der Waals surface area contributed by atoms with Gasteiger partial charge in [-0.3, -0.25) is 4.79 Å². The maximum absolute atomic E-state index is 10.9. The van der Waals surface area contributed by atoms with E-state index in [-0.39, 0.29) is 17.0 Å². The number of amides is 1. The van der Waals surface area contributed by atoms with Crippen LogP contribution in [0.15, 0.2) is 48.8 Å². The lowest BCUT2D eigenvalue weighted by molar-refractivity contribution is -0.688. The van der Waals surface area contributed by atoms with Crippen LogP contribution in [0, 0.1) is 0 Å². The maximum Gasteiger partial charge on any atom is 0.249 e. The first-order chi connectivity index (χ1) is 8.16. The third kappa shape index (κ3) is 3.55. The molecule has 0 aliphatic carbocycles. The van der Waals surface area contributed by atoms with Crippen molar-refractivity contribution in [3.8, 4) is 0 Å². The van der Waals surface area contributed by atoms with Gasteiger partial charge in [0.15, 0.2) is 18.9 Å². The zero-order chi connectivity index (χ0) is 12.3. The number of primary amides is 1. The van der Waals surface area contributed by atoms with E-state index in [9.17, 15) is 4.79 Å². The van der Waals surface area contributed by atoms with Crippen LogP contribution in [0.3, 0.4) is 0 Å². The van der Waals surface area contributed by atoms with E-state index in [1.165, 1.54) is 0 Å². The van der Waals surface area contributed by atoms with Gasteiger partial charge in [-0.05, 0) is 6.07 Å². The number of hydrogen-bond acceptors (Lipinski definition) is 1. The second kappa shape index (κ2) is 6.52. The van der Waals surface area contributed by atoms with Crippen molar-refractivity contribution in [1.29, 1.82) is 0 Å². The maximum atomic E-state index is 10.9. The number of nitrogens with two attached hydrogens (primary N) is 1. The molecule has 1 aromatic carbocycles. The topological polar surface area (TPSA) is 47.0 Å². The van der Waals surface area contributed by atoms with Gasteiger partial charge in [-0.1, -0.05) is 29.8 Å². The number of halogens is 2. The van der Waals surface area contributed by atoms with Gasteiger partial charge in [0.2, 0.25) is 5.91 Å². The summed E-state index contributed by atoms with van der Waals surface area (Å²) in [4.78, 5) is 10.9. The number of rotatable bonds is 3. The van der Waals surface area contributed by atoms with Crippen LogP contribution in [0.5, 0.6) is 0 Å². The molecule has 3 nitrogen and oxygen atoms in total. The third-order valence-corrected chi connectivity index (χ3v) is 2.86. The average molecular weight is 328 g/mol. The van der Waals surface area contributed by atoms with Gasteiger partial charge in [0.05, 0.1) is 10.6 Å². The lowest BCUT2D eigenvalue weighted by Crippen LogP contribution is -3.00. The van der Waals surface area contributed by atoms with Gasteiger partial charge < -0.3 is 22.7 Å². The summed E-state index contributed by atoms with van der Waals surface area (Å²) in [6.07, 6.45) is 3.62. The zero-order valence-corrected chi connectivity index (χ0v) is 11.9. The van der Waals surface area contributed by atoms with E-state index in [1.54, 1.807) is 12.1 Å². The Bertz CT molecular complexity index is 543. The highest BCUT2D eigenvalue weighted by atomic mass is 79.9. The van der Waals surface area contributed by atoms with Crippen molar-refractivity contribution in [3.63, 3.8) is 0 Å². The van der Waals surface area contributed by atoms with Gasteiger partial charge in [0.1, 0.15) is 0 Å². The Labute approximate surface area is 121 Å². The summed E-state index contributed by atoms with van der Waals surface area (Å²) >= 11 is 6.07. The van der Waals surface area contributed by atoms with Crippen LogP contribution >= 0.6 is 11.6 Å². The average Bonchev–Trinajstić information content (AvgIpc) is 2.33. The molecule has 2 N–H and O–H groups in total. The standard InChI is InChI=1S/C13H11ClN2O.BrH/c14-12-4-2-1-3-11(12)9-16-7-5-10(6-8-16)13(15)17;/h1-8H,9H2,(H-,15,17);1H. The fraction of sp³-hybridized carbons (Fsp3) is 0.0769. The molecule has 0 aliphatic rings. The van der Waals surface area contributed by atoms with Crippen LogP contribution in [-0.4, -0.2) is 5.91 Å². The molecule has 94 valence electrons. The Hall–Kier alpha value is -1.39. The lowest BCUT2D eigenvalue weighted by atomic mass is 10.2. The lowest BCUT2D eigenvalue weighted by Gasteiger charge is -2.00. The Morgan fingerprint density at radius 3 is 2.33 bits per heavy atom. The van der Waals surface area contributed by atoms with Gasteiger partial charge in [-0.2, -0.15) is 0 Å². The summed E-state index contributed by atoms with van der Waals surface area (Å²) < 4.78 is 1.94. The van der Waals surface area contributed by atoms with Gasteiger partial charge in [0, 0.05) is 17.7 Å². The van der Waals surface area contributed by atoms with Crippen molar-refractivity contribution in [1.82, 2.24) is 0 Å². The molecule has 5 heteroatoms. The van der Waals surface area contributed by atoms with E-state index in [0.717, 1.165) is 10.6 Å². The molecule has 1 aromatic heterocycles. The summed E-state index contributed by atoms with van der Waals surface area (Å²) in [7, 11) is 0. The number of hydrogen-bond donors (Lipinski definition) is 1.